The predicted molar refractivity (Wildman–Crippen MR) is 55.8 cm³/mol. The third-order valence-electron chi connectivity index (χ3n) is 3.47. The van der Waals surface area contributed by atoms with E-state index in [0.717, 1.165) is 6.54 Å². The Morgan fingerprint density at radius 1 is 1.31 bits per heavy atom. The maximum atomic E-state index is 9.32. The molecule has 0 aromatic heterocycles. The van der Waals surface area contributed by atoms with E-state index in [1.807, 2.05) is 0 Å². The second-order valence-corrected chi connectivity index (χ2v) is 5.54. The maximum Gasteiger partial charge on any atom is 0.0499 e. The van der Waals surface area contributed by atoms with E-state index in [9.17, 15) is 5.11 Å². The fraction of sp³-hybridized carbons (Fsp3) is 1.00. The third-order valence-corrected chi connectivity index (χ3v) is 3.47. The van der Waals surface area contributed by atoms with Crippen LogP contribution in [-0.2, 0) is 0 Å². The van der Waals surface area contributed by atoms with Gasteiger partial charge in [-0.2, -0.15) is 0 Å². The largest absolute Gasteiger partial charge is 0.396 e. The summed E-state index contributed by atoms with van der Waals surface area (Å²) in [7, 11) is 2.15. The molecule has 0 radical (unpaired) electrons. The Bertz CT molecular complexity index is 162. The molecule has 1 saturated carbocycles. The van der Waals surface area contributed by atoms with Gasteiger partial charge < -0.3 is 10.0 Å². The van der Waals surface area contributed by atoms with Crippen molar-refractivity contribution in [3.05, 3.63) is 0 Å². The van der Waals surface area contributed by atoms with Crippen molar-refractivity contribution in [2.75, 3.05) is 20.2 Å². The van der Waals surface area contributed by atoms with Gasteiger partial charge in [0.25, 0.3) is 0 Å². The van der Waals surface area contributed by atoms with E-state index in [-0.39, 0.29) is 11.0 Å². The molecule has 0 atom stereocenters. The van der Waals surface area contributed by atoms with Crippen molar-refractivity contribution >= 4 is 0 Å². The molecule has 0 amide bonds. The number of hydrogen-bond donors (Lipinski definition) is 1. The lowest BCUT2D eigenvalue weighted by Gasteiger charge is -2.46. The molecule has 2 nitrogen and oxygen atoms in total. The fourth-order valence-electron chi connectivity index (χ4n) is 1.78. The molecule has 0 unspecified atom stereocenters. The summed E-state index contributed by atoms with van der Waals surface area (Å²) in [5.41, 5.74) is 0.444. The molecular formula is C11H23NO. The molecule has 0 saturated heterocycles. The summed E-state index contributed by atoms with van der Waals surface area (Å²) in [5, 5.41) is 9.32. The minimum absolute atomic E-state index is 0.220. The van der Waals surface area contributed by atoms with Crippen molar-refractivity contribution in [2.45, 2.75) is 45.6 Å². The average Bonchev–Trinajstić information content (AvgIpc) is 1.94. The van der Waals surface area contributed by atoms with Crippen LogP contribution in [0.15, 0.2) is 0 Å². The van der Waals surface area contributed by atoms with Crippen LogP contribution in [0.3, 0.4) is 0 Å². The van der Waals surface area contributed by atoms with E-state index in [1.165, 1.54) is 19.3 Å². The van der Waals surface area contributed by atoms with Crippen molar-refractivity contribution < 1.29 is 5.11 Å². The van der Waals surface area contributed by atoms with Crippen LogP contribution in [0.5, 0.6) is 0 Å². The van der Waals surface area contributed by atoms with E-state index >= 15 is 0 Å². The summed E-state index contributed by atoms with van der Waals surface area (Å²) in [5.74, 6) is 0. The summed E-state index contributed by atoms with van der Waals surface area (Å²) < 4.78 is 0. The molecule has 0 heterocycles. The quantitative estimate of drug-likeness (QED) is 0.725. The van der Waals surface area contributed by atoms with Gasteiger partial charge in [0.2, 0.25) is 0 Å². The lowest BCUT2D eigenvalue weighted by atomic mass is 9.69. The zero-order valence-corrected chi connectivity index (χ0v) is 9.43. The van der Waals surface area contributed by atoms with Crippen LogP contribution in [0.25, 0.3) is 0 Å². The normalized spacial score (nSPS) is 21.7. The second kappa shape index (κ2) is 3.58. The smallest absolute Gasteiger partial charge is 0.0499 e. The Morgan fingerprint density at radius 2 is 1.85 bits per heavy atom. The van der Waals surface area contributed by atoms with Crippen molar-refractivity contribution in [3.8, 4) is 0 Å². The SMILES string of the molecule is CN(CC1(CO)CCC1)C(C)(C)C. The molecule has 0 spiro atoms. The minimum atomic E-state index is 0.220. The van der Waals surface area contributed by atoms with Gasteiger partial charge in [-0.3, -0.25) is 0 Å². The van der Waals surface area contributed by atoms with Crippen LogP contribution >= 0.6 is 0 Å². The van der Waals surface area contributed by atoms with Crippen LogP contribution in [0.4, 0.5) is 0 Å². The zero-order chi connectivity index (χ0) is 10.1. The van der Waals surface area contributed by atoms with E-state index in [4.69, 9.17) is 0 Å². The predicted octanol–water partition coefficient (Wildman–Crippen LogP) is 1.88. The fourth-order valence-corrected chi connectivity index (χ4v) is 1.78. The first kappa shape index (κ1) is 11.0. The van der Waals surface area contributed by atoms with E-state index in [2.05, 4.69) is 32.7 Å². The lowest BCUT2D eigenvalue weighted by Crippen LogP contribution is -2.49. The molecule has 1 rings (SSSR count). The van der Waals surface area contributed by atoms with Crippen molar-refractivity contribution in [2.24, 2.45) is 5.41 Å². The maximum absolute atomic E-state index is 9.32. The highest BCUT2D eigenvalue weighted by Crippen LogP contribution is 2.41. The second-order valence-electron chi connectivity index (χ2n) is 5.54. The van der Waals surface area contributed by atoms with Gasteiger partial charge >= 0.3 is 0 Å². The van der Waals surface area contributed by atoms with Crippen LogP contribution in [0.1, 0.15) is 40.0 Å². The molecular weight excluding hydrogens is 162 g/mol. The topological polar surface area (TPSA) is 23.5 Å². The Balaban J connectivity index is 2.47. The highest BCUT2D eigenvalue weighted by atomic mass is 16.3. The van der Waals surface area contributed by atoms with Gasteiger partial charge in [-0.25, -0.2) is 0 Å². The highest BCUT2D eigenvalue weighted by Gasteiger charge is 2.38. The van der Waals surface area contributed by atoms with Gasteiger partial charge in [0.15, 0.2) is 0 Å². The van der Waals surface area contributed by atoms with Crippen LogP contribution in [-0.4, -0.2) is 35.7 Å². The third kappa shape index (κ3) is 2.44. The molecule has 0 aromatic carbocycles. The molecule has 2 heteroatoms. The number of hydrogen-bond acceptors (Lipinski definition) is 2. The Labute approximate surface area is 81.9 Å². The molecule has 0 aromatic rings. The van der Waals surface area contributed by atoms with Gasteiger partial charge in [0, 0.05) is 24.1 Å². The number of rotatable bonds is 3. The minimum Gasteiger partial charge on any atom is -0.396 e. The molecule has 13 heavy (non-hydrogen) atoms. The van der Waals surface area contributed by atoms with Gasteiger partial charge in [-0.15, -0.1) is 0 Å². The van der Waals surface area contributed by atoms with Gasteiger partial charge in [-0.1, -0.05) is 6.42 Å². The average molecular weight is 185 g/mol. The molecule has 0 bridgehead atoms. The van der Waals surface area contributed by atoms with Crippen LogP contribution in [0.2, 0.25) is 0 Å². The standard InChI is InChI=1S/C11H23NO/c1-10(2,3)12(4)8-11(9-13)6-5-7-11/h13H,5-9H2,1-4H3. The van der Waals surface area contributed by atoms with Crippen molar-refractivity contribution in [1.82, 2.24) is 4.90 Å². The highest BCUT2D eigenvalue weighted by molar-refractivity contribution is 4.91. The first-order valence-corrected chi connectivity index (χ1v) is 5.22. The van der Waals surface area contributed by atoms with Gasteiger partial charge in [0.05, 0.1) is 0 Å². The molecule has 1 fully saturated rings. The van der Waals surface area contributed by atoms with Gasteiger partial charge in [-0.05, 0) is 40.7 Å². The molecule has 1 aliphatic rings. The number of aliphatic hydroxyl groups is 1. The Kier molecular flexibility index (Phi) is 3.03. The molecule has 1 aliphatic carbocycles. The Morgan fingerprint density at radius 3 is 2.08 bits per heavy atom. The van der Waals surface area contributed by atoms with E-state index in [1.54, 1.807) is 0 Å². The Hall–Kier alpha value is -0.0800. The van der Waals surface area contributed by atoms with Crippen molar-refractivity contribution in [3.63, 3.8) is 0 Å². The first-order valence-electron chi connectivity index (χ1n) is 5.22. The summed E-state index contributed by atoms with van der Waals surface area (Å²) >= 11 is 0. The lowest BCUT2D eigenvalue weighted by molar-refractivity contribution is -0.00797. The van der Waals surface area contributed by atoms with Gasteiger partial charge in [0.1, 0.15) is 0 Å². The summed E-state index contributed by atoms with van der Waals surface area (Å²) in [6, 6.07) is 0. The summed E-state index contributed by atoms with van der Waals surface area (Å²) in [4.78, 5) is 2.35. The summed E-state index contributed by atoms with van der Waals surface area (Å²) in [6.45, 7) is 8.05. The van der Waals surface area contributed by atoms with Crippen LogP contribution < -0.4 is 0 Å². The molecule has 78 valence electrons. The molecule has 1 N–H and O–H groups in total. The first-order chi connectivity index (χ1) is 5.90. The van der Waals surface area contributed by atoms with E-state index < -0.39 is 0 Å². The van der Waals surface area contributed by atoms with Crippen LogP contribution in [0, 0.1) is 5.41 Å². The molecule has 0 aliphatic heterocycles. The van der Waals surface area contributed by atoms with Crippen molar-refractivity contribution in [1.29, 1.82) is 0 Å². The summed E-state index contributed by atoms with van der Waals surface area (Å²) in [6.07, 6.45) is 3.69. The monoisotopic (exact) mass is 185 g/mol. The zero-order valence-electron chi connectivity index (χ0n) is 9.43. The number of nitrogens with zero attached hydrogens (tertiary/aromatic N) is 1. The number of aliphatic hydroxyl groups excluding tert-OH is 1. The van der Waals surface area contributed by atoms with E-state index in [0.29, 0.717) is 6.61 Å².